The normalized spacial score (nSPS) is 7.20. The first-order chi connectivity index (χ1) is 1.73. The molecule has 0 bridgehead atoms. The van der Waals surface area contributed by atoms with Gasteiger partial charge in [0.25, 0.3) is 0 Å². The number of hydrogen-bond acceptors (Lipinski definition) is 3. The molecule has 5 heavy (non-hydrogen) atoms. The molecule has 0 aliphatic rings. The summed E-state index contributed by atoms with van der Waals surface area (Å²) >= 11 is 0. The quantitative estimate of drug-likeness (QED) is 0.232. The first-order valence-electron chi connectivity index (χ1n) is 0.583. The molecular weight excluding hydrogens is 85.9 g/mol. The van der Waals surface area contributed by atoms with Crippen LogP contribution in [0.1, 0.15) is 0 Å². The van der Waals surface area contributed by atoms with Crippen molar-refractivity contribution in [2.75, 3.05) is 0 Å². The van der Waals surface area contributed by atoms with Crippen molar-refractivity contribution in [3.05, 3.63) is 0 Å². The Kier molecular flexibility index (Phi) is 9.15. The van der Waals surface area contributed by atoms with Crippen molar-refractivity contribution in [3.63, 3.8) is 0 Å². The summed E-state index contributed by atoms with van der Waals surface area (Å²) in [6.45, 7) is 0. The van der Waals surface area contributed by atoms with Gasteiger partial charge in [-0.25, -0.2) is 0 Å². The van der Waals surface area contributed by atoms with Crippen LogP contribution in [0.5, 0.6) is 0 Å². The van der Waals surface area contributed by atoms with Gasteiger partial charge in [-0.1, -0.05) is 0 Å². The average molecular weight is 87.9 g/mol. The van der Waals surface area contributed by atoms with Gasteiger partial charge in [-0.3, -0.25) is 0 Å². The maximum atomic E-state index is 8.70. The molecule has 0 radical (unpaired) electrons. The molecule has 0 aliphatic heterocycles. The van der Waals surface area contributed by atoms with Gasteiger partial charge < -0.3 is 14.7 Å². The minimum absolute atomic E-state index is 0. The Morgan fingerprint density at radius 3 is 1.40 bits per heavy atom. The maximum absolute atomic E-state index is 8.70. The molecule has 0 amide bonds. The van der Waals surface area contributed by atoms with Crippen molar-refractivity contribution in [2.45, 2.75) is 0 Å². The van der Waals surface area contributed by atoms with Gasteiger partial charge >= 0.3 is 18.9 Å². The Hall–Kier alpha value is 0.907. The number of hydrogen-bond donors (Lipinski definition) is 2. The average Bonchev–Trinajstić information content (AvgIpc) is 0.811. The summed E-state index contributed by atoms with van der Waals surface area (Å²) in [7, 11) is -2.87. The molecule has 0 aliphatic carbocycles. The van der Waals surface area contributed by atoms with Crippen LogP contribution in [-0.4, -0.2) is 9.79 Å². The fourth-order valence-electron chi connectivity index (χ4n) is 0. The van der Waals surface area contributed by atoms with E-state index in [0.29, 0.717) is 0 Å². The summed E-state index contributed by atoms with van der Waals surface area (Å²) in [5.41, 5.74) is 0. The molecule has 0 rings (SSSR count). The third kappa shape index (κ3) is 50.4. The Bertz CT molecular complexity index is 11.6. The van der Waals surface area contributed by atoms with E-state index in [1.54, 1.807) is 0 Å². The molecule has 0 aromatic heterocycles. The van der Waals surface area contributed by atoms with Gasteiger partial charge in [-0.15, -0.1) is 0 Å². The van der Waals surface area contributed by atoms with Crippen molar-refractivity contribution < 1.29 is 33.5 Å². The Morgan fingerprint density at radius 2 is 1.40 bits per heavy atom. The summed E-state index contributed by atoms with van der Waals surface area (Å²) in [5, 5.41) is 0. The molecule has 3 nitrogen and oxygen atoms in total. The Balaban J connectivity index is 0. The molecule has 26 valence electrons. The first-order valence-corrected chi connectivity index (χ1v) is 1.75. The zero-order valence-electron chi connectivity index (χ0n) is 2.75. The van der Waals surface area contributed by atoms with E-state index >= 15 is 0 Å². The first kappa shape index (κ1) is 9.32. The van der Waals surface area contributed by atoms with E-state index in [1.165, 1.54) is 0 Å². The zero-order chi connectivity index (χ0) is 3.58. The minimum Gasteiger partial charge on any atom is -0.786 e. The van der Waals surface area contributed by atoms with E-state index < -0.39 is 8.60 Å². The van der Waals surface area contributed by atoms with Gasteiger partial charge in [0.05, 0.1) is 8.60 Å². The van der Waals surface area contributed by atoms with Crippen LogP contribution in [-0.2, 0) is 0 Å². The smallest absolute Gasteiger partial charge is 0.786 e. The summed E-state index contributed by atoms with van der Waals surface area (Å²) in [6, 6.07) is 0. The van der Waals surface area contributed by atoms with Crippen molar-refractivity contribution in [1.82, 2.24) is 0 Å². The topological polar surface area (TPSA) is 63.5 Å². The third-order valence-electron chi connectivity index (χ3n) is 0. The summed E-state index contributed by atoms with van der Waals surface area (Å²) < 4.78 is 0. The Labute approximate surface area is 42.8 Å². The maximum Gasteiger partial charge on any atom is 1.00 e. The van der Waals surface area contributed by atoms with Gasteiger partial charge in [-0.05, 0) is 0 Å². The van der Waals surface area contributed by atoms with Crippen LogP contribution in [0, 0.1) is 0 Å². The standard InChI is InChI=1S/Li.H2O3P/c;1-4(2)3/h;1-2H/q+1;-1. The zero-order valence-corrected chi connectivity index (χ0v) is 3.64. The number of rotatable bonds is 0. The monoisotopic (exact) mass is 88.0 g/mol. The van der Waals surface area contributed by atoms with Gasteiger partial charge in [0.15, 0.2) is 0 Å². The summed E-state index contributed by atoms with van der Waals surface area (Å²) in [5.74, 6) is 0. The van der Waals surface area contributed by atoms with E-state index in [1.807, 2.05) is 0 Å². The van der Waals surface area contributed by atoms with Crippen LogP contribution in [0.25, 0.3) is 0 Å². The molecule has 0 saturated carbocycles. The van der Waals surface area contributed by atoms with Gasteiger partial charge in [0, 0.05) is 0 Å². The molecule has 0 heterocycles. The van der Waals surface area contributed by atoms with E-state index in [2.05, 4.69) is 0 Å². The van der Waals surface area contributed by atoms with Crippen LogP contribution in [0.3, 0.4) is 0 Å². The molecule has 0 aromatic rings. The molecule has 0 aromatic carbocycles. The van der Waals surface area contributed by atoms with E-state index in [9.17, 15) is 0 Å². The fraction of sp³-hybridized carbons (Fsp3) is 0. The van der Waals surface area contributed by atoms with Crippen molar-refractivity contribution in [2.24, 2.45) is 0 Å². The minimum atomic E-state index is -2.87. The van der Waals surface area contributed by atoms with Crippen LogP contribution in [0.15, 0.2) is 0 Å². The summed E-state index contributed by atoms with van der Waals surface area (Å²) in [6.07, 6.45) is 0. The molecule has 2 N–H and O–H groups in total. The Morgan fingerprint density at radius 1 is 1.40 bits per heavy atom. The second-order valence-electron chi connectivity index (χ2n) is 0.253. The van der Waals surface area contributed by atoms with Crippen LogP contribution >= 0.6 is 8.60 Å². The van der Waals surface area contributed by atoms with Crippen LogP contribution in [0.2, 0.25) is 0 Å². The predicted octanol–water partition coefficient (Wildman–Crippen LogP) is -4.44. The third-order valence-corrected chi connectivity index (χ3v) is 0. The van der Waals surface area contributed by atoms with E-state index in [-0.39, 0.29) is 18.9 Å². The molecule has 0 unspecified atom stereocenters. The SMILES string of the molecule is [Li+].[O-]P(O)O. The second kappa shape index (κ2) is 4.91. The fourth-order valence-corrected chi connectivity index (χ4v) is 0. The van der Waals surface area contributed by atoms with Crippen molar-refractivity contribution in [3.8, 4) is 0 Å². The summed E-state index contributed by atoms with van der Waals surface area (Å²) in [4.78, 5) is 22.9. The molecule has 0 atom stereocenters. The molecule has 0 saturated heterocycles. The molecule has 0 spiro atoms. The second-order valence-corrected chi connectivity index (χ2v) is 0.758. The van der Waals surface area contributed by atoms with Crippen LogP contribution < -0.4 is 23.8 Å². The van der Waals surface area contributed by atoms with Gasteiger partial charge in [0.1, 0.15) is 0 Å². The van der Waals surface area contributed by atoms with Crippen LogP contribution in [0.4, 0.5) is 0 Å². The molecule has 0 fully saturated rings. The van der Waals surface area contributed by atoms with Gasteiger partial charge in [-0.2, -0.15) is 0 Å². The van der Waals surface area contributed by atoms with Gasteiger partial charge in [0.2, 0.25) is 0 Å². The van der Waals surface area contributed by atoms with E-state index in [4.69, 9.17) is 14.7 Å². The van der Waals surface area contributed by atoms with Crippen molar-refractivity contribution in [1.29, 1.82) is 0 Å². The van der Waals surface area contributed by atoms with E-state index in [0.717, 1.165) is 0 Å². The predicted molar refractivity (Wildman–Crippen MR) is 11.4 cm³/mol. The van der Waals surface area contributed by atoms with Crippen molar-refractivity contribution >= 4 is 8.60 Å². The molecule has 5 heteroatoms. The molecular formula is H2LiO3P. The largest absolute Gasteiger partial charge is 1.00 e.